The van der Waals surface area contributed by atoms with Gasteiger partial charge in [-0.15, -0.1) is 11.8 Å². The number of benzene rings is 3. The fourth-order valence-corrected chi connectivity index (χ4v) is 3.48. The number of nitrogens with one attached hydrogen (secondary N) is 3. The minimum Gasteiger partial charge on any atom is -0.332 e. The molecule has 0 fully saturated rings. The molecule has 0 aliphatic heterocycles. The molecule has 0 saturated heterocycles. The summed E-state index contributed by atoms with van der Waals surface area (Å²) in [6, 6.07) is 22.9. The van der Waals surface area contributed by atoms with Crippen LogP contribution in [-0.2, 0) is 4.79 Å². The average Bonchev–Trinajstić information content (AvgIpc) is 2.73. The standard InChI is InChI=1S/C21H18N4O3S2/c26-20(22-16-9-11-18(12-10-16)25(27)28)14-30-19-8-4-7-17(13-19)24-21(29)23-15-5-2-1-3-6-15/h1-13H,14H2,(H,22,26)(H2,23,24,29). The van der Waals surface area contributed by atoms with Crippen LogP contribution in [0.15, 0.2) is 83.8 Å². The first-order valence-electron chi connectivity index (χ1n) is 8.90. The fraction of sp³-hybridized carbons (Fsp3) is 0.0476. The molecular formula is C21H18N4O3S2. The SMILES string of the molecule is O=C(CSc1cccc(NC(=S)Nc2ccccc2)c1)Nc1ccc([N+](=O)[O-])cc1. The molecule has 1 amide bonds. The van der Waals surface area contributed by atoms with Crippen LogP contribution in [0.1, 0.15) is 0 Å². The average molecular weight is 439 g/mol. The Morgan fingerprint density at radius 2 is 1.50 bits per heavy atom. The van der Waals surface area contributed by atoms with Crippen molar-refractivity contribution in [2.45, 2.75) is 4.90 Å². The summed E-state index contributed by atoms with van der Waals surface area (Å²) in [5.74, 6) is 0.00106. The highest BCUT2D eigenvalue weighted by Crippen LogP contribution is 2.22. The van der Waals surface area contributed by atoms with E-state index >= 15 is 0 Å². The third-order valence-electron chi connectivity index (χ3n) is 3.86. The van der Waals surface area contributed by atoms with Gasteiger partial charge in [0.05, 0.1) is 10.7 Å². The van der Waals surface area contributed by atoms with Crippen molar-refractivity contribution in [3.63, 3.8) is 0 Å². The summed E-state index contributed by atoms with van der Waals surface area (Å²) in [6.07, 6.45) is 0. The maximum absolute atomic E-state index is 12.2. The summed E-state index contributed by atoms with van der Waals surface area (Å²) in [4.78, 5) is 23.3. The van der Waals surface area contributed by atoms with E-state index in [9.17, 15) is 14.9 Å². The number of nitrogens with zero attached hydrogens (tertiary/aromatic N) is 1. The lowest BCUT2D eigenvalue weighted by Gasteiger charge is -2.11. The molecule has 3 N–H and O–H groups in total. The van der Waals surface area contributed by atoms with E-state index in [-0.39, 0.29) is 17.3 Å². The van der Waals surface area contributed by atoms with Gasteiger partial charge in [0.25, 0.3) is 5.69 Å². The van der Waals surface area contributed by atoms with E-state index in [2.05, 4.69) is 16.0 Å². The van der Waals surface area contributed by atoms with Crippen LogP contribution in [0.4, 0.5) is 22.7 Å². The van der Waals surface area contributed by atoms with Gasteiger partial charge in [0.15, 0.2) is 5.11 Å². The van der Waals surface area contributed by atoms with Gasteiger partial charge < -0.3 is 16.0 Å². The van der Waals surface area contributed by atoms with Crippen molar-refractivity contribution in [1.29, 1.82) is 0 Å². The van der Waals surface area contributed by atoms with Crippen LogP contribution in [0.3, 0.4) is 0 Å². The fourth-order valence-electron chi connectivity index (χ4n) is 2.49. The molecule has 0 heterocycles. The third kappa shape index (κ3) is 6.57. The molecule has 30 heavy (non-hydrogen) atoms. The molecule has 0 spiro atoms. The zero-order chi connectivity index (χ0) is 21.3. The number of thiocarbonyl (C=S) groups is 1. The molecule has 0 saturated carbocycles. The molecule has 3 rings (SSSR count). The summed E-state index contributed by atoms with van der Waals surface area (Å²) in [7, 11) is 0. The second kappa shape index (κ2) is 10.4. The molecule has 3 aromatic carbocycles. The number of non-ortho nitro benzene ring substituents is 1. The Balaban J connectivity index is 1.50. The molecule has 0 atom stereocenters. The molecule has 0 aromatic heterocycles. The van der Waals surface area contributed by atoms with E-state index in [0.717, 1.165) is 16.3 Å². The molecule has 3 aromatic rings. The molecule has 0 aliphatic rings. The summed E-state index contributed by atoms with van der Waals surface area (Å²) >= 11 is 6.71. The van der Waals surface area contributed by atoms with Crippen molar-refractivity contribution < 1.29 is 9.72 Å². The normalized spacial score (nSPS) is 10.1. The number of amides is 1. The summed E-state index contributed by atoms with van der Waals surface area (Å²) in [5.41, 5.74) is 2.19. The minimum absolute atomic E-state index is 0.0219. The number of carbonyl (C=O) groups is 1. The Hall–Kier alpha value is -3.43. The molecule has 0 radical (unpaired) electrons. The Morgan fingerprint density at radius 1 is 0.867 bits per heavy atom. The summed E-state index contributed by atoms with van der Waals surface area (Å²) in [6.45, 7) is 0. The highest BCUT2D eigenvalue weighted by Gasteiger charge is 2.08. The number of nitro benzene ring substituents is 1. The van der Waals surface area contributed by atoms with Gasteiger partial charge in [-0.2, -0.15) is 0 Å². The largest absolute Gasteiger partial charge is 0.332 e. The second-order valence-electron chi connectivity index (χ2n) is 6.11. The van der Waals surface area contributed by atoms with Gasteiger partial charge in [-0.3, -0.25) is 14.9 Å². The highest BCUT2D eigenvalue weighted by molar-refractivity contribution is 8.00. The van der Waals surface area contributed by atoms with Crippen LogP contribution >= 0.6 is 24.0 Å². The van der Waals surface area contributed by atoms with E-state index in [0.29, 0.717) is 10.8 Å². The van der Waals surface area contributed by atoms with Gasteiger partial charge in [0.2, 0.25) is 5.91 Å². The lowest BCUT2D eigenvalue weighted by atomic mass is 10.3. The molecule has 7 nitrogen and oxygen atoms in total. The number of anilines is 3. The van der Waals surface area contributed by atoms with Gasteiger partial charge in [0, 0.05) is 34.1 Å². The van der Waals surface area contributed by atoms with Crippen LogP contribution in [0.2, 0.25) is 0 Å². The maximum Gasteiger partial charge on any atom is 0.269 e. The van der Waals surface area contributed by atoms with Crippen molar-refractivity contribution in [1.82, 2.24) is 0 Å². The van der Waals surface area contributed by atoms with Crippen molar-refractivity contribution in [2.75, 3.05) is 21.7 Å². The number of hydrogen-bond donors (Lipinski definition) is 3. The van der Waals surface area contributed by atoms with Crippen LogP contribution in [0.25, 0.3) is 0 Å². The second-order valence-corrected chi connectivity index (χ2v) is 7.57. The van der Waals surface area contributed by atoms with Gasteiger partial charge in [-0.05, 0) is 54.7 Å². The Morgan fingerprint density at radius 3 is 2.20 bits per heavy atom. The first-order chi connectivity index (χ1) is 14.5. The molecule has 0 unspecified atom stereocenters. The topological polar surface area (TPSA) is 96.3 Å². The van der Waals surface area contributed by atoms with Gasteiger partial charge >= 0.3 is 0 Å². The highest BCUT2D eigenvalue weighted by atomic mass is 32.2. The monoisotopic (exact) mass is 438 g/mol. The molecular weight excluding hydrogens is 420 g/mol. The van der Waals surface area contributed by atoms with Crippen molar-refractivity contribution in [2.24, 2.45) is 0 Å². The molecule has 0 aliphatic carbocycles. The predicted octanol–water partition coefficient (Wildman–Crippen LogP) is 5.13. The number of rotatable bonds is 7. The van der Waals surface area contributed by atoms with Crippen LogP contribution < -0.4 is 16.0 Å². The van der Waals surface area contributed by atoms with Crippen LogP contribution in [-0.4, -0.2) is 21.7 Å². The van der Waals surface area contributed by atoms with Gasteiger partial charge in [-0.1, -0.05) is 24.3 Å². The van der Waals surface area contributed by atoms with Crippen molar-refractivity contribution in [3.05, 3.63) is 89.0 Å². The van der Waals surface area contributed by atoms with E-state index in [1.807, 2.05) is 54.6 Å². The molecule has 9 heteroatoms. The quantitative estimate of drug-likeness (QED) is 0.204. The Bertz CT molecular complexity index is 1040. The van der Waals surface area contributed by atoms with E-state index in [4.69, 9.17) is 12.2 Å². The lowest BCUT2D eigenvalue weighted by Crippen LogP contribution is -2.19. The van der Waals surface area contributed by atoms with E-state index < -0.39 is 4.92 Å². The predicted molar refractivity (Wildman–Crippen MR) is 125 cm³/mol. The minimum atomic E-state index is -0.483. The number of nitro groups is 1. The number of thioether (sulfide) groups is 1. The number of carbonyl (C=O) groups excluding carboxylic acids is 1. The van der Waals surface area contributed by atoms with Gasteiger partial charge in [0.1, 0.15) is 0 Å². The Kier molecular flexibility index (Phi) is 7.36. The first kappa shape index (κ1) is 21.3. The lowest BCUT2D eigenvalue weighted by molar-refractivity contribution is -0.384. The van der Waals surface area contributed by atoms with Crippen LogP contribution in [0, 0.1) is 10.1 Å². The van der Waals surface area contributed by atoms with E-state index in [1.165, 1.54) is 36.0 Å². The molecule has 0 bridgehead atoms. The summed E-state index contributed by atoms with van der Waals surface area (Å²) < 4.78 is 0. The molecule has 152 valence electrons. The number of hydrogen-bond acceptors (Lipinski definition) is 5. The van der Waals surface area contributed by atoms with E-state index in [1.54, 1.807) is 0 Å². The Labute approximate surface area is 183 Å². The van der Waals surface area contributed by atoms with Gasteiger partial charge in [-0.25, -0.2) is 0 Å². The zero-order valence-electron chi connectivity index (χ0n) is 15.7. The zero-order valence-corrected chi connectivity index (χ0v) is 17.3. The number of para-hydroxylation sites is 1. The smallest absolute Gasteiger partial charge is 0.269 e. The van der Waals surface area contributed by atoms with Crippen molar-refractivity contribution >= 4 is 57.7 Å². The maximum atomic E-state index is 12.2. The van der Waals surface area contributed by atoms with Crippen LogP contribution in [0.5, 0.6) is 0 Å². The summed E-state index contributed by atoms with van der Waals surface area (Å²) in [5, 5.41) is 20.1. The third-order valence-corrected chi connectivity index (χ3v) is 5.05. The van der Waals surface area contributed by atoms with Crippen molar-refractivity contribution in [3.8, 4) is 0 Å². The first-order valence-corrected chi connectivity index (χ1v) is 10.3.